The van der Waals surface area contributed by atoms with Crippen LogP contribution in [0.2, 0.25) is 0 Å². The molecule has 0 atom stereocenters. The molecule has 4 nitrogen and oxygen atoms in total. The first-order chi connectivity index (χ1) is 9.73. The zero-order valence-corrected chi connectivity index (χ0v) is 12.1. The van der Waals surface area contributed by atoms with Gasteiger partial charge in [0.2, 0.25) is 10.0 Å². The Morgan fingerprint density at radius 2 is 2.05 bits per heavy atom. The third-order valence-corrected chi connectivity index (χ3v) is 4.87. The highest BCUT2D eigenvalue weighted by Gasteiger charge is 2.38. The van der Waals surface area contributed by atoms with Crippen molar-refractivity contribution in [3.05, 3.63) is 35.0 Å². The lowest BCUT2D eigenvalue weighted by Gasteiger charge is -2.23. The molecule has 3 rings (SSSR count). The minimum Gasteiger partial charge on any atom is -0.298 e. The van der Waals surface area contributed by atoms with Crippen molar-refractivity contribution in [2.45, 2.75) is 25.2 Å². The maximum absolute atomic E-state index is 13.7. The van der Waals surface area contributed by atoms with Gasteiger partial charge in [0.15, 0.2) is 0 Å². The van der Waals surface area contributed by atoms with Crippen LogP contribution >= 0.6 is 0 Å². The summed E-state index contributed by atoms with van der Waals surface area (Å²) in [6.07, 6.45) is 0.800. The molecule has 0 bridgehead atoms. The maximum Gasteiger partial charge on any atom is 0.252 e. The van der Waals surface area contributed by atoms with E-state index in [4.69, 9.17) is 0 Å². The fraction of sp³-hybridized carbons (Fsp3) is 0.357. The number of carbonyl (C=O) groups excluding carboxylic acids is 1. The topological polar surface area (TPSA) is 56.1 Å². The average molecular weight is 313 g/mol. The number of hydrogen-bond donors (Lipinski definition) is 0. The van der Waals surface area contributed by atoms with Crippen LogP contribution in [0.3, 0.4) is 0 Å². The molecule has 0 fully saturated rings. The molecule has 0 amide bonds. The second-order valence-corrected chi connectivity index (χ2v) is 7.21. The van der Waals surface area contributed by atoms with Gasteiger partial charge in [0.05, 0.1) is 11.8 Å². The van der Waals surface area contributed by atoms with Gasteiger partial charge < -0.3 is 0 Å². The fourth-order valence-corrected chi connectivity index (χ4v) is 4.06. The van der Waals surface area contributed by atoms with Crippen molar-refractivity contribution in [2.24, 2.45) is 0 Å². The summed E-state index contributed by atoms with van der Waals surface area (Å²) in [7, 11) is -3.60. The number of benzene rings is 1. The van der Waals surface area contributed by atoms with Crippen molar-refractivity contribution in [2.75, 3.05) is 6.26 Å². The normalized spacial score (nSPS) is 17.7. The van der Waals surface area contributed by atoms with Crippen LogP contribution in [0, 0.1) is 0 Å². The molecule has 0 radical (unpaired) electrons. The molecule has 21 heavy (non-hydrogen) atoms. The highest BCUT2D eigenvalue weighted by atomic mass is 32.2. The molecule has 1 aromatic carbocycles. The van der Waals surface area contributed by atoms with Gasteiger partial charge in [-0.05, 0) is 30.2 Å². The van der Waals surface area contributed by atoms with Gasteiger partial charge in [-0.1, -0.05) is 0 Å². The minimum atomic E-state index is -3.60. The predicted octanol–water partition coefficient (Wildman–Crippen LogP) is 2.39. The predicted molar refractivity (Wildman–Crippen MR) is 74.5 cm³/mol. The molecule has 2 aromatic rings. The van der Waals surface area contributed by atoms with Crippen LogP contribution in [0.15, 0.2) is 18.2 Å². The number of fused-ring (bicyclic) bond motifs is 3. The smallest absolute Gasteiger partial charge is 0.252 e. The van der Waals surface area contributed by atoms with Crippen molar-refractivity contribution in [1.29, 1.82) is 0 Å². The molecule has 0 saturated heterocycles. The molecule has 0 unspecified atom stereocenters. The van der Waals surface area contributed by atoms with Crippen LogP contribution in [-0.2, 0) is 22.9 Å². The molecule has 1 aliphatic rings. The van der Waals surface area contributed by atoms with Crippen LogP contribution in [0.4, 0.5) is 8.78 Å². The summed E-state index contributed by atoms with van der Waals surface area (Å²) < 4.78 is 52.5. The molecular formula is C14H13F2NO3S. The van der Waals surface area contributed by atoms with Crippen LogP contribution < -0.4 is 0 Å². The largest absolute Gasteiger partial charge is 0.298 e. The van der Waals surface area contributed by atoms with Gasteiger partial charge in [-0.3, -0.25) is 4.79 Å². The Hall–Kier alpha value is -1.76. The number of alkyl halides is 2. The number of carbonyl (C=O) groups is 1. The fourth-order valence-electron chi connectivity index (χ4n) is 2.95. The van der Waals surface area contributed by atoms with Gasteiger partial charge >= 0.3 is 0 Å². The number of aldehydes is 1. The lowest BCUT2D eigenvalue weighted by molar-refractivity contribution is -0.0122. The molecule has 0 spiro atoms. The number of hydrogen-bond acceptors (Lipinski definition) is 3. The van der Waals surface area contributed by atoms with Crippen LogP contribution in [-0.4, -0.2) is 30.9 Å². The van der Waals surface area contributed by atoms with Crippen molar-refractivity contribution >= 4 is 27.2 Å². The third-order valence-electron chi connectivity index (χ3n) is 3.79. The summed E-state index contributed by atoms with van der Waals surface area (Å²) in [5, 5.41) is 0.416. The van der Waals surface area contributed by atoms with Crippen molar-refractivity contribution < 1.29 is 22.0 Å². The van der Waals surface area contributed by atoms with E-state index in [-0.39, 0.29) is 12.8 Å². The van der Waals surface area contributed by atoms with E-state index < -0.39 is 22.4 Å². The number of rotatable bonds is 2. The molecule has 0 saturated carbocycles. The van der Waals surface area contributed by atoms with Gasteiger partial charge in [0.1, 0.15) is 6.29 Å². The van der Waals surface area contributed by atoms with Crippen molar-refractivity contribution in [3.63, 3.8) is 0 Å². The van der Waals surface area contributed by atoms with Crippen LogP contribution in [0.25, 0.3) is 10.9 Å². The first-order valence-electron chi connectivity index (χ1n) is 6.43. The lowest BCUT2D eigenvalue weighted by Crippen LogP contribution is -2.27. The number of halogens is 2. The third kappa shape index (κ3) is 2.25. The van der Waals surface area contributed by atoms with Crippen molar-refractivity contribution in [3.8, 4) is 0 Å². The van der Waals surface area contributed by atoms with E-state index in [1.807, 2.05) is 0 Å². The summed E-state index contributed by atoms with van der Waals surface area (Å²) in [5.41, 5.74) is 1.42. The Kier molecular flexibility index (Phi) is 2.95. The monoisotopic (exact) mass is 313 g/mol. The standard InChI is InChI=1S/C14H13F2NO3S/c1-21(19,20)17-12-3-2-9(8-18)6-10(12)11-7-14(15,16)5-4-13(11)17/h2-3,6,8H,4-5,7H2,1H3. The van der Waals surface area contributed by atoms with E-state index in [0.717, 1.165) is 10.2 Å². The molecule has 1 heterocycles. The number of nitrogens with zero attached hydrogens (tertiary/aromatic N) is 1. The molecule has 1 aliphatic carbocycles. The molecular weight excluding hydrogens is 300 g/mol. The Bertz CT molecular complexity index is 853. The van der Waals surface area contributed by atoms with E-state index in [1.165, 1.54) is 18.2 Å². The molecule has 0 N–H and O–H groups in total. The zero-order valence-electron chi connectivity index (χ0n) is 11.3. The molecule has 1 aromatic heterocycles. The molecule has 0 aliphatic heterocycles. The summed E-state index contributed by atoms with van der Waals surface area (Å²) in [6.45, 7) is 0. The van der Waals surface area contributed by atoms with Crippen LogP contribution in [0.1, 0.15) is 28.0 Å². The van der Waals surface area contributed by atoms with E-state index in [0.29, 0.717) is 34.0 Å². The number of aromatic nitrogens is 1. The Balaban J connectivity index is 2.41. The molecule has 112 valence electrons. The highest BCUT2D eigenvalue weighted by molar-refractivity contribution is 7.89. The zero-order chi connectivity index (χ0) is 15.4. The summed E-state index contributed by atoms with van der Waals surface area (Å²) in [5.74, 6) is -2.85. The minimum absolute atomic E-state index is 0.000502. The van der Waals surface area contributed by atoms with Crippen molar-refractivity contribution in [1.82, 2.24) is 3.97 Å². The van der Waals surface area contributed by atoms with E-state index in [1.54, 1.807) is 0 Å². The summed E-state index contributed by atoms with van der Waals surface area (Å²) in [6, 6.07) is 4.46. The van der Waals surface area contributed by atoms with Gasteiger partial charge in [-0.25, -0.2) is 21.2 Å². The summed E-state index contributed by atoms with van der Waals surface area (Å²) in [4.78, 5) is 10.9. The van der Waals surface area contributed by atoms with Gasteiger partial charge in [-0.2, -0.15) is 0 Å². The van der Waals surface area contributed by atoms with Gasteiger partial charge in [0, 0.05) is 29.5 Å². The van der Waals surface area contributed by atoms with E-state index in [9.17, 15) is 22.0 Å². The Labute approximate surface area is 120 Å². The maximum atomic E-state index is 13.7. The van der Waals surface area contributed by atoms with Gasteiger partial charge in [-0.15, -0.1) is 0 Å². The Morgan fingerprint density at radius 1 is 1.33 bits per heavy atom. The molecule has 7 heteroatoms. The van der Waals surface area contributed by atoms with Crippen LogP contribution in [0.5, 0.6) is 0 Å². The first-order valence-corrected chi connectivity index (χ1v) is 8.27. The first kappa shape index (κ1) is 14.2. The Morgan fingerprint density at radius 3 is 2.67 bits per heavy atom. The van der Waals surface area contributed by atoms with Gasteiger partial charge in [0.25, 0.3) is 5.92 Å². The second-order valence-electron chi connectivity index (χ2n) is 5.38. The lowest BCUT2D eigenvalue weighted by atomic mass is 9.92. The summed E-state index contributed by atoms with van der Waals surface area (Å²) >= 11 is 0. The second kappa shape index (κ2) is 4.37. The highest BCUT2D eigenvalue weighted by Crippen LogP contribution is 2.39. The average Bonchev–Trinajstić information content (AvgIpc) is 2.70. The SMILES string of the molecule is CS(=O)(=O)n1c2c(c3cc(C=O)ccc31)CC(F)(F)CC2. The quantitative estimate of drug-likeness (QED) is 0.800. The van der Waals surface area contributed by atoms with E-state index in [2.05, 4.69) is 0 Å². The van der Waals surface area contributed by atoms with E-state index >= 15 is 0 Å².